The Kier molecular flexibility index (Phi) is 3.65. The summed E-state index contributed by atoms with van der Waals surface area (Å²) in [6, 6.07) is 6.61. The van der Waals surface area contributed by atoms with Crippen LogP contribution in [0.1, 0.15) is 11.5 Å². The van der Waals surface area contributed by atoms with Crippen LogP contribution in [0, 0.1) is 17.0 Å². The molecule has 7 heteroatoms. The van der Waals surface area contributed by atoms with Crippen molar-refractivity contribution < 1.29 is 14.2 Å². The first-order valence-corrected chi connectivity index (χ1v) is 5.59. The molecule has 1 aromatic heterocycles. The molecule has 2 aromatic rings. The fourth-order valence-electron chi connectivity index (χ4n) is 1.71. The van der Waals surface area contributed by atoms with Crippen LogP contribution in [0.5, 0.6) is 5.75 Å². The number of aryl methyl sites for hydroxylation is 1. The lowest BCUT2D eigenvalue weighted by molar-refractivity contribution is -0.384. The SMILES string of the molecule is COc1cccc(NCc2cc(C)on2)c1[N+](=O)[O-]. The number of nitro benzene ring substituents is 1. The number of aromatic nitrogens is 1. The van der Waals surface area contributed by atoms with Crippen LogP contribution >= 0.6 is 0 Å². The van der Waals surface area contributed by atoms with E-state index in [1.807, 2.05) is 0 Å². The van der Waals surface area contributed by atoms with Gasteiger partial charge in [0, 0.05) is 6.07 Å². The van der Waals surface area contributed by atoms with Gasteiger partial charge in [0.15, 0.2) is 5.75 Å². The predicted octanol–water partition coefficient (Wildman–Crippen LogP) is 2.51. The fraction of sp³-hybridized carbons (Fsp3) is 0.250. The summed E-state index contributed by atoms with van der Waals surface area (Å²) in [6.07, 6.45) is 0. The van der Waals surface area contributed by atoms with E-state index >= 15 is 0 Å². The molecule has 0 aliphatic rings. The molecule has 0 unspecified atom stereocenters. The molecule has 0 amide bonds. The van der Waals surface area contributed by atoms with E-state index in [0.29, 0.717) is 23.7 Å². The molecular formula is C12H13N3O4. The molecule has 0 spiro atoms. The highest BCUT2D eigenvalue weighted by Gasteiger charge is 2.20. The van der Waals surface area contributed by atoms with Crippen LogP contribution in [-0.4, -0.2) is 17.2 Å². The van der Waals surface area contributed by atoms with E-state index in [2.05, 4.69) is 10.5 Å². The zero-order valence-corrected chi connectivity index (χ0v) is 10.5. The Labute approximate surface area is 109 Å². The van der Waals surface area contributed by atoms with Crippen LogP contribution in [0.25, 0.3) is 0 Å². The molecule has 0 saturated heterocycles. The predicted molar refractivity (Wildman–Crippen MR) is 68.2 cm³/mol. The maximum absolute atomic E-state index is 11.1. The Balaban J connectivity index is 2.22. The molecule has 0 atom stereocenters. The van der Waals surface area contributed by atoms with Gasteiger partial charge >= 0.3 is 5.69 Å². The zero-order chi connectivity index (χ0) is 13.8. The minimum Gasteiger partial charge on any atom is -0.490 e. The average molecular weight is 263 g/mol. The van der Waals surface area contributed by atoms with Crippen molar-refractivity contribution in [3.63, 3.8) is 0 Å². The molecule has 1 aromatic carbocycles. The third-order valence-electron chi connectivity index (χ3n) is 2.54. The number of nitro groups is 1. The van der Waals surface area contributed by atoms with Crippen LogP contribution in [-0.2, 0) is 6.54 Å². The van der Waals surface area contributed by atoms with Gasteiger partial charge in [0.1, 0.15) is 17.1 Å². The van der Waals surface area contributed by atoms with E-state index in [9.17, 15) is 10.1 Å². The lowest BCUT2D eigenvalue weighted by Gasteiger charge is -2.08. The lowest BCUT2D eigenvalue weighted by Crippen LogP contribution is -2.04. The maximum Gasteiger partial charge on any atom is 0.333 e. The molecule has 2 rings (SSSR count). The van der Waals surface area contributed by atoms with Crippen LogP contribution in [0.15, 0.2) is 28.8 Å². The van der Waals surface area contributed by atoms with Crippen molar-refractivity contribution in [3.8, 4) is 5.75 Å². The summed E-state index contributed by atoms with van der Waals surface area (Å²) in [5.74, 6) is 0.906. The molecule has 0 aliphatic carbocycles. The van der Waals surface area contributed by atoms with Gasteiger partial charge in [0.2, 0.25) is 0 Å². The smallest absolute Gasteiger partial charge is 0.333 e. The second-order valence-corrected chi connectivity index (χ2v) is 3.90. The van der Waals surface area contributed by atoms with Crippen molar-refractivity contribution in [1.29, 1.82) is 0 Å². The van der Waals surface area contributed by atoms with Crippen molar-refractivity contribution in [1.82, 2.24) is 5.16 Å². The van der Waals surface area contributed by atoms with Gasteiger partial charge in [-0.25, -0.2) is 0 Å². The lowest BCUT2D eigenvalue weighted by atomic mass is 10.2. The molecule has 7 nitrogen and oxygen atoms in total. The average Bonchev–Trinajstić information content (AvgIpc) is 2.81. The number of ether oxygens (including phenoxy) is 1. The summed E-state index contributed by atoms with van der Waals surface area (Å²) in [5.41, 5.74) is 0.963. The molecule has 1 heterocycles. The molecule has 0 bridgehead atoms. The van der Waals surface area contributed by atoms with Gasteiger partial charge in [-0.2, -0.15) is 0 Å². The molecule has 1 N–H and O–H groups in total. The number of nitrogens with one attached hydrogen (secondary N) is 1. The van der Waals surface area contributed by atoms with Crippen molar-refractivity contribution in [3.05, 3.63) is 45.8 Å². The monoisotopic (exact) mass is 263 g/mol. The summed E-state index contributed by atoms with van der Waals surface area (Å²) >= 11 is 0. The Hall–Kier alpha value is -2.57. The first-order chi connectivity index (χ1) is 9.11. The number of anilines is 1. The number of benzene rings is 1. The summed E-state index contributed by atoms with van der Waals surface area (Å²) in [4.78, 5) is 10.6. The Morgan fingerprint density at radius 3 is 2.89 bits per heavy atom. The van der Waals surface area contributed by atoms with Crippen LogP contribution in [0.4, 0.5) is 11.4 Å². The number of methoxy groups -OCH3 is 1. The maximum atomic E-state index is 11.1. The molecule has 19 heavy (non-hydrogen) atoms. The van der Waals surface area contributed by atoms with E-state index < -0.39 is 4.92 Å². The third-order valence-corrected chi connectivity index (χ3v) is 2.54. The van der Waals surface area contributed by atoms with Gasteiger partial charge in [-0.1, -0.05) is 11.2 Å². The topological polar surface area (TPSA) is 90.4 Å². The largest absolute Gasteiger partial charge is 0.490 e. The molecule has 100 valence electrons. The quantitative estimate of drug-likeness (QED) is 0.658. The minimum absolute atomic E-state index is 0.0924. The fourth-order valence-corrected chi connectivity index (χ4v) is 1.71. The van der Waals surface area contributed by atoms with Gasteiger partial charge in [-0.05, 0) is 19.1 Å². The first kappa shape index (κ1) is 12.9. The second kappa shape index (κ2) is 5.38. The summed E-state index contributed by atoms with van der Waals surface area (Å²) < 4.78 is 9.91. The number of rotatable bonds is 5. The molecule has 0 aliphatic heterocycles. The van der Waals surface area contributed by atoms with Gasteiger partial charge in [-0.15, -0.1) is 0 Å². The molecule has 0 radical (unpaired) electrons. The van der Waals surface area contributed by atoms with E-state index in [0.717, 1.165) is 0 Å². The van der Waals surface area contributed by atoms with Crippen molar-refractivity contribution >= 4 is 11.4 Å². The summed E-state index contributed by atoms with van der Waals surface area (Å²) in [5, 5.41) is 17.8. The molecular weight excluding hydrogens is 250 g/mol. The van der Waals surface area contributed by atoms with E-state index in [1.165, 1.54) is 7.11 Å². The molecule has 0 fully saturated rings. The highest BCUT2D eigenvalue weighted by Crippen LogP contribution is 2.34. The standard InChI is InChI=1S/C12H13N3O4/c1-8-6-9(14-19-8)7-13-10-4-3-5-11(18-2)12(10)15(16)17/h3-6,13H,7H2,1-2H3. The summed E-state index contributed by atoms with van der Waals surface area (Å²) in [6.45, 7) is 2.12. The molecule has 0 saturated carbocycles. The first-order valence-electron chi connectivity index (χ1n) is 5.59. The number of nitrogens with zero attached hydrogens (tertiary/aromatic N) is 2. The number of para-hydroxylation sites is 1. The van der Waals surface area contributed by atoms with Crippen molar-refractivity contribution in [2.45, 2.75) is 13.5 Å². The Bertz CT molecular complexity index is 594. The van der Waals surface area contributed by atoms with Crippen molar-refractivity contribution in [2.75, 3.05) is 12.4 Å². The van der Waals surface area contributed by atoms with Gasteiger partial charge in [-0.3, -0.25) is 10.1 Å². The second-order valence-electron chi connectivity index (χ2n) is 3.90. The van der Waals surface area contributed by atoms with E-state index in [4.69, 9.17) is 9.26 Å². The van der Waals surface area contributed by atoms with Crippen LogP contribution in [0.3, 0.4) is 0 Å². The van der Waals surface area contributed by atoms with E-state index in [-0.39, 0.29) is 11.4 Å². The highest BCUT2D eigenvalue weighted by molar-refractivity contribution is 5.68. The van der Waals surface area contributed by atoms with Gasteiger partial charge < -0.3 is 14.6 Å². The zero-order valence-electron chi connectivity index (χ0n) is 10.5. The van der Waals surface area contributed by atoms with Gasteiger partial charge in [0.05, 0.1) is 18.6 Å². The number of hydrogen-bond acceptors (Lipinski definition) is 6. The minimum atomic E-state index is -0.477. The van der Waals surface area contributed by atoms with Crippen LogP contribution < -0.4 is 10.1 Å². The third kappa shape index (κ3) is 2.82. The Morgan fingerprint density at radius 1 is 1.53 bits per heavy atom. The van der Waals surface area contributed by atoms with Crippen LogP contribution in [0.2, 0.25) is 0 Å². The highest BCUT2D eigenvalue weighted by atomic mass is 16.6. The van der Waals surface area contributed by atoms with Crippen molar-refractivity contribution in [2.24, 2.45) is 0 Å². The van der Waals surface area contributed by atoms with E-state index in [1.54, 1.807) is 31.2 Å². The summed E-state index contributed by atoms with van der Waals surface area (Å²) in [7, 11) is 1.40. The number of hydrogen-bond donors (Lipinski definition) is 1. The van der Waals surface area contributed by atoms with Gasteiger partial charge in [0.25, 0.3) is 0 Å². The Morgan fingerprint density at radius 2 is 2.32 bits per heavy atom. The normalized spacial score (nSPS) is 10.2.